The highest BCUT2D eigenvalue weighted by molar-refractivity contribution is 5.93. The van der Waals surface area contributed by atoms with Crippen LogP contribution in [0.15, 0.2) is 54.1 Å². The first-order chi connectivity index (χ1) is 16.8. The van der Waals surface area contributed by atoms with Gasteiger partial charge in [-0.05, 0) is 50.8 Å². The molecule has 194 valence electrons. The zero-order valence-electron chi connectivity index (χ0n) is 21.8. The zero-order chi connectivity index (χ0) is 26.8. The van der Waals surface area contributed by atoms with Gasteiger partial charge in [-0.2, -0.15) is 0 Å². The van der Waals surface area contributed by atoms with Gasteiger partial charge in [0.05, 0.1) is 11.5 Å². The Morgan fingerprint density at radius 1 is 1.06 bits per heavy atom. The fourth-order valence-corrected chi connectivity index (χ4v) is 5.10. The number of esters is 2. The van der Waals surface area contributed by atoms with Crippen LogP contribution >= 0.6 is 0 Å². The van der Waals surface area contributed by atoms with Crippen molar-refractivity contribution >= 4 is 23.5 Å². The molecule has 0 saturated heterocycles. The van der Waals surface area contributed by atoms with Crippen LogP contribution in [0, 0.1) is 23.2 Å². The van der Waals surface area contributed by atoms with E-state index in [9.17, 15) is 24.3 Å². The largest absolute Gasteiger partial charge is 0.458 e. The molecule has 1 saturated carbocycles. The van der Waals surface area contributed by atoms with E-state index in [1.54, 1.807) is 76.3 Å². The van der Waals surface area contributed by atoms with Crippen LogP contribution in [0.25, 0.3) is 0 Å². The summed E-state index contributed by atoms with van der Waals surface area (Å²) in [5.74, 6) is -3.55. The van der Waals surface area contributed by atoms with Gasteiger partial charge in [0.25, 0.3) is 0 Å². The number of fused-ring (bicyclic) bond motifs is 1. The third-order valence-corrected chi connectivity index (χ3v) is 7.34. The van der Waals surface area contributed by atoms with Crippen molar-refractivity contribution in [1.29, 1.82) is 0 Å². The first kappa shape index (κ1) is 27.5. The van der Waals surface area contributed by atoms with Crippen LogP contribution in [-0.4, -0.2) is 46.4 Å². The van der Waals surface area contributed by atoms with E-state index >= 15 is 0 Å². The molecule has 0 aliphatic heterocycles. The normalized spacial score (nSPS) is 33.4. The highest BCUT2D eigenvalue weighted by atomic mass is 16.5. The second-order valence-electron chi connectivity index (χ2n) is 10.7. The van der Waals surface area contributed by atoms with Crippen molar-refractivity contribution < 1.29 is 33.8 Å². The fraction of sp³-hybridized carbons (Fsp3) is 0.517. The molecule has 0 aromatic heterocycles. The number of ether oxygens (including phenoxy) is 2. The number of carbonyl (C=O) groups excluding carboxylic acids is 4. The monoisotopic (exact) mass is 496 g/mol. The minimum atomic E-state index is -1.81. The smallest absolute Gasteiger partial charge is 0.338 e. The van der Waals surface area contributed by atoms with Crippen LogP contribution in [0.5, 0.6) is 0 Å². The average Bonchev–Trinajstić information content (AvgIpc) is 3.05. The van der Waals surface area contributed by atoms with Gasteiger partial charge in [-0.3, -0.25) is 14.4 Å². The standard InChI is InChI=1S/C29H36O7/c1-17-12-13-28(5,6)24(31)15-23(35-20(4)30)18(2)14-22-25(19(3)16-29(22,34)26(17)32)36-27(33)21-10-8-7-9-11-21/h7-14,17,19,22-23,25,34H,15-16H2,1-6H3/b13-12+,18-14?/t17-,19-,22-,23+,25+,29-/m0/s1. The van der Waals surface area contributed by atoms with Crippen LogP contribution in [0.2, 0.25) is 0 Å². The quantitative estimate of drug-likeness (QED) is 0.493. The van der Waals surface area contributed by atoms with E-state index in [-0.39, 0.29) is 24.5 Å². The molecule has 2 aliphatic rings. The number of benzene rings is 1. The van der Waals surface area contributed by atoms with Crippen molar-refractivity contribution in [3.63, 3.8) is 0 Å². The van der Waals surface area contributed by atoms with Gasteiger partial charge in [0.1, 0.15) is 23.6 Å². The maximum atomic E-state index is 13.6. The predicted molar refractivity (Wildman–Crippen MR) is 134 cm³/mol. The van der Waals surface area contributed by atoms with Gasteiger partial charge in [-0.25, -0.2) is 4.79 Å². The topological polar surface area (TPSA) is 107 Å². The Morgan fingerprint density at radius 2 is 1.69 bits per heavy atom. The molecule has 2 aliphatic carbocycles. The molecule has 1 N–H and O–H groups in total. The van der Waals surface area contributed by atoms with E-state index in [4.69, 9.17) is 9.47 Å². The van der Waals surface area contributed by atoms with Gasteiger partial charge in [0.15, 0.2) is 5.78 Å². The Bertz CT molecular complexity index is 1080. The minimum absolute atomic E-state index is 0.0588. The third-order valence-electron chi connectivity index (χ3n) is 7.34. The molecule has 0 radical (unpaired) electrons. The second-order valence-corrected chi connectivity index (χ2v) is 10.7. The van der Waals surface area contributed by atoms with Crippen molar-refractivity contribution in [2.45, 2.75) is 72.2 Å². The number of rotatable bonds is 3. The van der Waals surface area contributed by atoms with Crippen LogP contribution < -0.4 is 0 Å². The summed E-state index contributed by atoms with van der Waals surface area (Å²) in [4.78, 5) is 51.5. The van der Waals surface area contributed by atoms with E-state index < -0.39 is 52.8 Å². The molecular formula is C29H36O7. The highest BCUT2D eigenvalue weighted by Crippen LogP contribution is 2.46. The van der Waals surface area contributed by atoms with Crippen molar-refractivity contribution in [3.8, 4) is 0 Å². The fourth-order valence-electron chi connectivity index (χ4n) is 5.10. The molecule has 36 heavy (non-hydrogen) atoms. The van der Waals surface area contributed by atoms with E-state index in [0.717, 1.165) is 0 Å². The second kappa shape index (κ2) is 10.5. The molecule has 0 unspecified atom stereocenters. The molecule has 1 aromatic carbocycles. The summed E-state index contributed by atoms with van der Waals surface area (Å²) >= 11 is 0. The summed E-state index contributed by atoms with van der Waals surface area (Å²) in [7, 11) is 0. The van der Waals surface area contributed by atoms with Gasteiger partial charge in [0.2, 0.25) is 0 Å². The number of Topliss-reactive ketones (excluding diaryl/α,β-unsaturated/α-hetero) is 2. The summed E-state index contributed by atoms with van der Waals surface area (Å²) in [6.45, 7) is 9.97. The molecular weight excluding hydrogens is 460 g/mol. The number of carbonyl (C=O) groups is 4. The number of hydrogen-bond donors (Lipinski definition) is 1. The van der Waals surface area contributed by atoms with E-state index in [1.165, 1.54) is 6.92 Å². The Hall–Kier alpha value is -3.06. The number of allylic oxidation sites excluding steroid dienone is 2. The predicted octanol–water partition coefficient (Wildman–Crippen LogP) is 4.24. The zero-order valence-corrected chi connectivity index (χ0v) is 21.8. The van der Waals surface area contributed by atoms with E-state index in [0.29, 0.717) is 11.1 Å². The van der Waals surface area contributed by atoms with Gasteiger partial charge in [0, 0.05) is 24.7 Å². The first-order valence-corrected chi connectivity index (χ1v) is 12.4. The lowest BCUT2D eigenvalue weighted by Gasteiger charge is -2.33. The number of aliphatic hydroxyl groups is 1. The molecule has 7 heteroatoms. The molecule has 3 rings (SSSR count). The van der Waals surface area contributed by atoms with Crippen LogP contribution in [0.4, 0.5) is 0 Å². The summed E-state index contributed by atoms with van der Waals surface area (Å²) in [6, 6.07) is 8.52. The lowest BCUT2D eigenvalue weighted by Crippen LogP contribution is -2.47. The summed E-state index contributed by atoms with van der Waals surface area (Å²) < 4.78 is 11.4. The third kappa shape index (κ3) is 5.67. The SMILES string of the molecule is CC(=O)O[C@@H]1CC(=O)C(C)(C)/C=C/[C@H](C)C(=O)[C@]2(O)C[C@H](C)[C@@H](OC(=O)c3ccccc3)[C@@H]2C=C1C. The molecule has 1 fully saturated rings. The molecule has 0 heterocycles. The molecule has 0 amide bonds. The molecule has 1 aromatic rings. The lowest BCUT2D eigenvalue weighted by atomic mass is 9.77. The van der Waals surface area contributed by atoms with Crippen LogP contribution in [0.1, 0.15) is 64.7 Å². The van der Waals surface area contributed by atoms with E-state index in [1.807, 2.05) is 6.92 Å². The van der Waals surface area contributed by atoms with Crippen molar-refractivity contribution in [2.75, 3.05) is 0 Å². The first-order valence-electron chi connectivity index (χ1n) is 12.4. The maximum Gasteiger partial charge on any atom is 0.338 e. The van der Waals surface area contributed by atoms with Crippen molar-refractivity contribution in [2.24, 2.45) is 23.2 Å². The summed E-state index contributed by atoms with van der Waals surface area (Å²) in [6.07, 6.45) is 3.33. The maximum absolute atomic E-state index is 13.6. The average molecular weight is 497 g/mol. The molecule has 0 spiro atoms. The van der Waals surface area contributed by atoms with Crippen LogP contribution in [0.3, 0.4) is 0 Å². The van der Waals surface area contributed by atoms with Crippen LogP contribution in [-0.2, 0) is 23.9 Å². The molecule has 0 bridgehead atoms. The summed E-state index contributed by atoms with van der Waals surface area (Å²) in [5, 5.41) is 11.8. The lowest BCUT2D eigenvalue weighted by molar-refractivity contribution is -0.147. The Labute approximate surface area is 212 Å². The van der Waals surface area contributed by atoms with Crippen molar-refractivity contribution in [3.05, 3.63) is 59.7 Å². The minimum Gasteiger partial charge on any atom is -0.458 e. The van der Waals surface area contributed by atoms with Gasteiger partial charge in [-0.15, -0.1) is 0 Å². The highest BCUT2D eigenvalue weighted by Gasteiger charge is 2.57. The van der Waals surface area contributed by atoms with Gasteiger partial charge < -0.3 is 14.6 Å². The Balaban J connectivity index is 2.10. The van der Waals surface area contributed by atoms with Gasteiger partial charge >= 0.3 is 11.9 Å². The van der Waals surface area contributed by atoms with Crippen molar-refractivity contribution in [1.82, 2.24) is 0 Å². The Kier molecular flexibility index (Phi) is 8.04. The number of hydrogen-bond acceptors (Lipinski definition) is 7. The Morgan fingerprint density at radius 3 is 2.31 bits per heavy atom. The van der Waals surface area contributed by atoms with E-state index in [2.05, 4.69) is 0 Å². The molecule has 7 nitrogen and oxygen atoms in total. The summed E-state index contributed by atoms with van der Waals surface area (Å²) in [5.41, 5.74) is -1.83. The van der Waals surface area contributed by atoms with Gasteiger partial charge in [-0.1, -0.05) is 50.3 Å². The molecule has 6 atom stereocenters. The number of ketones is 2.